The van der Waals surface area contributed by atoms with E-state index in [1.807, 2.05) is 0 Å². The summed E-state index contributed by atoms with van der Waals surface area (Å²) >= 11 is 0. The van der Waals surface area contributed by atoms with Gasteiger partial charge < -0.3 is 24.8 Å². The molecule has 0 spiro atoms. The van der Waals surface area contributed by atoms with Crippen molar-refractivity contribution >= 4 is 17.7 Å². The number of hydrogen-bond acceptors (Lipinski definition) is 4. The van der Waals surface area contributed by atoms with Crippen LogP contribution in [0.4, 0.5) is 10.5 Å². The van der Waals surface area contributed by atoms with Crippen molar-refractivity contribution in [3.8, 4) is 11.5 Å². The Morgan fingerprint density at radius 1 is 1.33 bits per heavy atom. The van der Waals surface area contributed by atoms with Gasteiger partial charge in [0.25, 0.3) is 0 Å². The van der Waals surface area contributed by atoms with Crippen LogP contribution in [0.3, 0.4) is 0 Å². The first-order chi connectivity index (χ1) is 10.0. The van der Waals surface area contributed by atoms with E-state index in [2.05, 4.69) is 5.32 Å². The second-order valence-electron chi connectivity index (χ2n) is 4.77. The van der Waals surface area contributed by atoms with E-state index in [4.69, 9.17) is 14.6 Å². The molecule has 1 aliphatic heterocycles. The molecular weight excluding hydrogens is 276 g/mol. The fourth-order valence-electron chi connectivity index (χ4n) is 2.25. The first-order valence-corrected chi connectivity index (χ1v) is 6.56. The number of carbonyl (C=O) groups is 2. The molecule has 1 saturated heterocycles. The van der Waals surface area contributed by atoms with E-state index in [1.54, 1.807) is 18.2 Å². The highest BCUT2D eigenvalue weighted by atomic mass is 16.5. The number of nitrogens with zero attached hydrogens (tertiary/aromatic N) is 1. The van der Waals surface area contributed by atoms with Crippen LogP contribution < -0.4 is 14.8 Å². The Hall–Kier alpha value is -2.44. The SMILES string of the molecule is COc1ccc(OC)c(NC(=O)N2CCC(C(=O)O)C2)c1. The summed E-state index contributed by atoms with van der Waals surface area (Å²) in [5, 5.41) is 11.7. The van der Waals surface area contributed by atoms with Crippen LogP contribution in [0.5, 0.6) is 11.5 Å². The van der Waals surface area contributed by atoms with Gasteiger partial charge in [-0.25, -0.2) is 4.79 Å². The Morgan fingerprint density at radius 3 is 2.67 bits per heavy atom. The lowest BCUT2D eigenvalue weighted by Crippen LogP contribution is -2.33. The Labute approximate surface area is 122 Å². The van der Waals surface area contributed by atoms with Crippen LogP contribution in [-0.2, 0) is 4.79 Å². The van der Waals surface area contributed by atoms with Crippen molar-refractivity contribution in [3.05, 3.63) is 18.2 Å². The maximum atomic E-state index is 12.2. The molecule has 0 saturated carbocycles. The van der Waals surface area contributed by atoms with Gasteiger partial charge >= 0.3 is 12.0 Å². The number of nitrogens with one attached hydrogen (secondary N) is 1. The molecule has 0 radical (unpaired) electrons. The van der Waals surface area contributed by atoms with Crippen LogP contribution in [0, 0.1) is 5.92 Å². The number of methoxy groups -OCH3 is 2. The third kappa shape index (κ3) is 3.36. The Bertz CT molecular complexity index is 546. The third-order valence-corrected chi connectivity index (χ3v) is 3.47. The number of anilines is 1. The van der Waals surface area contributed by atoms with Gasteiger partial charge in [-0.2, -0.15) is 0 Å². The van der Waals surface area contributed by atoms with Crippen LogP contribution in [0.25, 0.3) is 0 Å². The van der Waals surface area contributed by atoms with Gasteiger partial charge in [-0.3, -0.25) is 4.79 Å². The van der Waals surface area contributed by atoms with Crippen molar-refractivity contribution in [2.24, 2.45) is 5.92 Å². The molecule has 0 bridgehead atoms. The van der Waals surface area contributed by atoms with Gasteiger partial charge in [-0.15, -0.1) is 0 Å². The largest absolute Gasteiger partial charge is 0.497 e. The number of rotatable bonds is 4. The van der Waals surface area contributed by atoms with E-state index in [0.29, 0.717) is 30.2 Å². The predicted molar refractivity (Wildman–Crippen MR) is 75.9 cm³/mol. The standard InChI is InChI=1S/C14H18N2O5/c1-20-10-3-4-12(21-2)11(7-10)15-14(19)16-6-5-9(8-16)13(17)18/h3-4,7,9H,5-6,8H2,1-2H3,(H,15,19)(H,17,18). The molecule has 1 unspecified atom stereocenters. The van der Waals surface area contributed by atoms with Gasteiger partial charge in [0.2, 0.25) is 0 Å². The summed E-state index contributed by atoms with van der Waals surface area (Å²) in [6, 6.07) is 4.73. The number of likely N-dealkylation sites (tertiary alicyclic amines) is 1. The summed E-state index contributed by atoms with van der Waals surface area (Å²) in [7, 11) is 3.04. The van der Waals surface area contributed by atoms with Gasteiger partial charge in [0.15, 0.2) is 0 Å². The van der Waals surface area contributed by atoms with E-state index < -0.39 is 11.9 Å². The zero-order chi connectivity index (χ0) is 15.4. The lowest BCUT2D eigenvalue weighted by Gasteiger charge is -2.18. The fraction of sp³-hybridized carbons (Fsp3) is 0.429. The first kappa shape index (κ1) is 15.0. The molecule has 114 valence electrons. The monoisotopic (exact) mass is 294 g/mol. The number of ether oxygens (including phenoxy) is 2. The number of carboxylic acids is 1. The zero-order valence-corrected chi connectivity index (χ0v) is 12.0. The van der Waals surface area contributed by atoms with E-state index in [-0.39, 0.29) is 12.6 Å². The van der Waals surface area contributed by atoms with Crippen molar-refractivity contribution in [2.45, 2.75) is 6.42 Å². The normalized spacial score (nSPS) is 17.4. The number of hydrogen-bond donors (Lipinski definition) is 2. The molecule has 0 aliphatic carbocycles. The minimum absolute atomic E-state index is 0.216. The summed E-state index contributed by atoms with van der Waals surface area (Å²) in [4.78, 5) is 24.6. The quantitative estimate of drug-likeness (QED) is 0.881. The zero-order valence-electron chi connectivity index (χ0n) is 12.0. The minimum atomic E-state index is -0.871. The lowest BCUT2D eigenvalue weighted by molar-refractivity contribution is -0.141. The molecule has 2 N–H and O–H groups in total. The maximum absolute atomic E-state index is 12.2. The van der Waals surface area contributed by atoms with Crippen molar-refractivity contribution in [1.82, 2.24) is 4.90 Å². The summed E-state index contributed by atoms with van der Waals surface area (Å²) < 4.78 is 10.3. The molecule has 2 rings (SSSR count). The molecular formula is C14H18N2O5. The molecule has 1 heterocycles. The number of carbonyl (C=O) groups excluding carboxylic acids is 1. The van der Waals surface area contributed by atoms with Crippen molar-refractivity contribution in [3.63, 3.8) is 0 Å². The maximum Gasteiger partial charge on any atom is 0.321 e. The topological polar surface area (TPSA) is 88.1 Å². The molecule has 1 atom stereocenters. The highest BCUT2D eigenvalue weighted by molar-refractivity contribution is 5.92. The summed E-state index contributed by atoms with van der Waals surface area (Å²) in [5.74, 6) is -0.263. The number of amides is 2. The van der Waals surface area contributed by atoms with Gasteiger partial charge in [-0.05, 0) is 18.6 Å². The average Bonchev–Trinajstić information content (AvgIpc) is 2.97. The van der Waals surface area contributed by atoms with E-state index in [1.165, 1.54) is 19.1 Å². The van der Waals surface area contributed by atoms with Crippen LogP contribution in [0.15, 0.2) is 18.2 Å². The average molecular weight is 294 g/mol. The summed E-state index contributed by atoms with van der Waals surface area (Å²) in [6.07, 6.45) is 0.470. The number of aliphatic carboxylic acids is 1. The minimum Gasteiger partial charge on any atom is -0.497 e. The van der Waals surface area contributed by atoms with E-state index in [9.17, 15) is 9.59 Å². The smallest absolute Gasteiger partial charge is 0.321 e. The second kappa shape index (κ2) is 6.34. The van der Waals surface area contributed by atoms with Gasteiger partial charge in [-0.1, -0.05) is 0 Å². The number of benzene rings is 1. The third-order valence-electron chi connectivity index (χ3n) is 3.47. The molecule has 2 amide bonds. The van der Waals surface area contributed by atoms with Crippen LogP contribution in [0.1, 0.15) is 6.42 Å². The van der Waals surface area contributed by atoms with Crippen molar-refractivity contribution in [1.29, 1.82) is 0 Å². The Kier molecular flexibility index (Phi) is 4.52. The summed E-state index contributed by atoms with van der Waals surface area (Å²) in [5.41, 5.74) is 0.487. The molecule has 1 fully saturated rings. The first-order valence-electron chi connectivity index (χ1n) is 6.56. The molecule has 7 heteroatoms. The lowest BCUT2D eigenvalue weighted by atomic mass is 10.1. The number of urea groups is 1. The van der Waals surface area contributed by atoms with Crippen LogP contribution >= 0.6 is 0 Å². The van der Waals surface area contributed by atoms with Crippen molar-refractivity contribution in [2.75, 3.05) is 32.6 Å². The molecule has 1 aromatic rings. The highest BCUT2D eigenvalue weighted by Gasteiger charge is 2.31. The molecule has 21 heavy (non-hydrogen) atoms. The highest BCUT2D eigenvalue weighted by Crippen LogP contribution is 2.29. The Morgan fingerprint density at radius 2 is 2.10 bits per heavy atom. The van der Waals surface area contributed by atoms with Crippen LogP contribution in [-0.4, -0.2) is 49.3 Å². The molecule has 1 aliphatic rings. The fourth-order valence-corrected chi connectivity index (χ4v) is 2.25. The summed E-state index contributed by atoms with van der Waals surface area (Å²) in [6.45, 7) is 0.641. The second-order valence-corrected chi connectivity index (χ2v) is 4.77. The Balaban J connectivity index is 2.07. The van der Waals surface area contributed by atoms with E-state index in [0.717, 1.165) is 0 Å². The molecule has 7 nitrogen and oxygen atoms in total. The van der Waals surface area contributed by atoms with Gasteiger partial charge in [0, 0.05) is 19.2 Å². The predicted octanol–water partition coefficient (Wildman–Crippen LogP) is 1.64. The van der Waals surface area contributed by atoms with Gasteiger partial charge in [0.05, 0.1) is 25.8 Å². The van der Waals surface area contributed by atoms with Crippen molar-refractivity contribution < 1.29 is 24.2 Å². The van der Waals surface area contributed by atoms with Gasteiger partial charge in [0.1, 0.15) is 11.5 Å². The molecule has 0 aromatic heterocycles. The molecule has 1 aromatic carbocycles. The number of carboxylic acid groups (broad SMARTS) is 1. The van der Waals surface area contributed by atoms with E-state index >= 15 is 0 Å². The van der Waals surface area contributed by atoms with Crippen LogP contribution in [0.2, 0.25) is 0 Å².